The molecule has 0 fully saturated rings. The quantitative estimate of drug-likeness (QED) is 0.299. The summed E-state index contributed by atoms with van der Waals surface area (Å²) in [7, 11) is 0. The van der Waals surface area contributed by atoms with E-state index >= 15 is 0 Å². The van der Waals surface area contributed by atoms with Crippen LogP contribution in [-0.2, 0) is 6.54 Å². The van der Waals surface area contributed by atoms with E-state index in [1.165, 1.54) is 0 Å². The van der Waals surface area contributed by atoms with Gasteiger partial charge < -0.3 is 25.0 Å². The Bertz CT molecular complexity index is 994. The number of hydrogen-bond donors (Lipinski definition) is 2. The van der Waals surface area contributed by atoms with Gasteiger partial charge in [0.2, 0.25) is 11.7 Å². The number of ether oxygens (including phenoxy) is 2. The van der Waals surface area contributed by atoms with Gasteiger partial charge in [0.1, 0.15) is 6.54 Å². The van der Waals surface area contributed by atoms with E-state index in [-0.39, 0.29) is 36.5 Å². The minimum Gasteiger partial charge on any atom is -0.490 e. The van der Waals surface area contributed by atoms with Crippen LogP contribution in [0, 0.1) is 0 Å². The summed E-state index contributed by atoms with van der Waals surface area (Å²) < 4.78 is 16.5. The number of aliphatic imine (C=N–C) groups is 1. The van der Waals surface area contributed by atoms with E-state index in [0.717, 1.165) is 23.4 Å². The molecule has 1 aliphatic heterocycles. The van der Waals surface area contributed by atoms with Gasteiger partial charge in [0.15, 0.2) is 17.5 Å². The molecule has 29 heavy (non-hydrogen) atoms. The first-order chi connectivity index (χ1) is 13.7. The average molecular weight is 528 g/mol. The Kier molecular flexibility index (Phi) is 7.15. The number of benzene rings is 2. The lowest BCUT2D eigenvalue weighted by molar-refractivity contribution is 0.297. The lowest BCUT2D eigenvalue weighted by Gasteiger charge is -2.10. The molecule has 2 aromatic carbocycles. The predicted octanol–water partition coefficient (Wildman–Crippen LogP) is 4.10. The number of hydrogen-bond acceptors (Lipinski definition) is 6. The number of rotatable bonds is 4. The van der Waals surface area contributed by atoms with Gasteiger partial charge in [0.25, 0.3) is 0 Å². The molecule has 0 bridgehead atoms. The lowest BCUT2D eigenvalue weighted by Crippen LogP contribution is -2.22. The molecular formula is C19H19ClIN5O3. The molecule has 0 saturated heterocycles. The fourth-order valence-corrected chi connectivity index (χ4v) is 2.74. The van der Waals surface area contributed by atoms with E-state index in [1.54, 1.807) is 12.1 Å². The number of guanidine groups is 1. The first-order valence-electron chi connectivity index (χ1n) is 8.72. The normalized spacial score (nSPS) is 13.3. The van der Waals surface area contributed by atoms with Gasteiger partial charge in [0.05, 0.1) is 13.2 Å². The molecule has 152 valence electrons. The van der Waals surface area contributed by atoms with Crippen molar-refractivity contribution >= 4 is 47.2 Å². The third kappa shape index (κ3) is 5.51. The highest BCUT2D eigenvalue weighted by Gasteiger charge is 2.11. The van der Waals surface area contributed by atoms with Gasteiger partial charge in [-0.25, -0.2) is 4.99 Å². The molecule has 10 heteroatoms. The third-order valence-corrected chi connectivity index (χ3v) is 4.23. The minimum atomic E-state index is 0. The van der Waals surface area contributed by atoms with Crippen molar-refractivity contribution in [3.63, 3.8) is 0 Å². The summed E-state index contributed by atoms with van der Waals surface area (Å²) in [5.41, 5.74) is 7.51. The monoisotopic (exact) mass is 527 g/mol. The van der Waals surface area contributed by atoms with E-state index in [0.29, 0.717) is 35.7 Å². The SMILES string of the molecule is I.NC(=NCc1nc(-c2ccc(Cl)cc2)no1)Nc1ccc2c(c1)OCCCO2. The fourth-order valence-electron chi connectivity index (χ4n) is 2.62. The van der Waals surface area contributed by atoms with E-state index < -0.39 is 0 Å². The van der Waals surface area contributed by atoms with Crippen LogP contribution in [0.1, 0.15) is 12.3 Å². The average Bonchev–Trinajstić information content (AvgIpc) is 3.05. The van der Waals surface area contributed by atoms with E-state index in [9.17, 15) is 0 Å². The topological polar surface area (TPSA) is 108 Å². The molecule has 3 aromatic rings. The Morgan fingerprint density at radius 3 is 2.66 bits per heavy atom. The van der Waals surface area contributed by atoms with Crippen LogP contribution in [0.5, 0.6) is 11.5 Å². The van der Waals surface area contributed by atoms with Crippen LogP contribution in [0.25, 0.3) is 11.4 Å². The maximum Gasteiger partial charge on any atom is 0.248 e. The molecule has 0 atom stereocenters. The molecule has 3 N–H and O–H groups in total. The number of halogens is 2. The van der Waals surface area contributed by atoms with Gasteiger partial charge in [-0.05, 0) is 36.4 Å². The number of nitrogens with two attached hydrogens (primary N) is 1. The molecule has 1 aromatic heterocycles. The second-order valence-electron chi connectivity index (χ2n) is 6.06. The second-order valence-corrected chi connectivity index (χ2v) is 6.49. The number of nitrogens with one attached hydrogen (secondary N) is 1. The van der Waals surface area contributed by atoms with Gasteiger partial charge in [-0.15, -0.1) is 24.0 Å². The molecule has 0 amide bonds. The molecule has 0 unspecified atom stereocenters. The number of aromatic nitrogens is 2. The Morgan fingerprint density at radius 1 is 1.10 bits per heavy atom. The highest BCUT2D eigenvalue weighted by atomic mass is 127. The van der Waals surface area contributed by atoms with Crippen LogP contribution in [-0.4, -0.2) is 29.3 Å². The van der Waals surface area contributed by atoms with Gasteiger partial charge in [0, 0.05) is 28.8 Å². The highest BCUT2D eigenvalue weighted by molar-refractivity contribution is 14.0. The predicted molar refractivity (Wildman–Crippen MR) is 121 cm³/mol. The van der Waals surface area contributed by atoms with Crippen LogP contribution in [0.4, 0.5) is 5.69 Å². The van der Waals surface area contributed by atoms with Crippen molar-refractivity contribution in [3.05, 3.63) is 53.4 Å². The van der Waals surface area contributed by atoms with Crippen molar-refractivity contribution < 1.29 is 14.0 Å². The van der Waals surface area contributed by atoms with E-state index in [2.05, 4.69) is 20.4 Å². The highest BCUT2D eigenvalue weighted by Crippen LogP contribution is 2.32. The molecule has 4 rings (SSSR count). The van der Waals surface area contributed by atoms with Gasteiger partial charge in [-0.2, -0.15) is 4.98 Å². The second kappa shape index (κ2) is 9.79. The molecule has 2 heterocycles. The number of nitrogens with zero attached hydrogens (tertiary/aromatic N) is 3. The van der Waals surface area contributed by atoms with Crippen LogP contribution in [0.3, 0.4) is 0 Å². The summed E-state index contributed by atoms with van der Waals surface area (Å²) in [5, 5.41) is 7.60. The minimum absolute atomic E-state index is 0. The van der Waals surface area contributed by atoms with Crippen LogP contribution >= 0.6 is 35.6 Å². The zero-order chi connectivity index (χ0) is 19.3. The molecule has 0 spiro atoms. The van der Waals surface area contributed by atoms with Crippen molar-refractivity contribution in [2.45, 2.75) is 13.0 Å². The Hall–Kier alpha value is -2.53. The van der Waals surface area contributed by atoms with Crippen LogP contribution in [0.15, 0.2) is 52.0 Å². The summed E-state index contributed by atoms with van der Waals surface area (Å²) in [5.74, 6) is 2.45. The largest absolute Gasteiger partial charge is 0.490 e. The summed E-state index contributed by atoms with van der Waals surface area (Å²) in [6.07, 6.45) is 0.850. The van der Waals surface area contributed by atoms with E-state index in [4.69, 9.17) is 31.3 Å². The lowest BCUT2D eigenvalue weighted by atomic mass is 10.2. The van der Waals surface area contributed by atoms with Crippen molar-refractivity contribution in [2.75, 3.05) is 18.5 Å². The molecule has 8 nitrogen and oxygen atoms in total. The maximum atomic E-state index is 5.96. The van der Waals surface area contributed by atoms with E-state index in [1.807, 2.05) is 30.3 Å². The molecule has 0 radical (unpaired) electrons. The summed E-state index contributed by atoms with van der Waals surface area (Å²) >= 11 is 5.88. The van der Waals surface area contributed by atoms with Gasteiger partial charge >= 0.3 is 0 Å². The van der Waals surface area contributed by atoms with Gasteiger partial charge in [-0.3, -0.25) is 0 Å². The van der Waals surface area contributed by atoms with Crippen molar-refractivity contribution in [1.29, 1.82) is 0 Å². The van der Waals surface area contributed by atoms with Crippen molar-refractivity contribution in [2.24, 2.45) is 10.7 Å². The van der Waals surface area contributed by atoms with Crippen LogP contribution < -0.4 is 20.5 Å². The molecular weight excluding hydrogens is 509 g/mol. The Balaban J connectivity index is 0.00000240. The summed E-state index contributed by atoms with van der Waals surface area (Å²) in [6.45, 7) is 1.42. The molecule has 0 saturated carbocycles. The zero-order valence-corrected chi connectivity index (χ0v) is 18.4. The number of anilines is 1. The summed E-state index contributed by atoms with van der Waals surface area (Å²) in [4.78, 5) is 8.54. The number of fused-ring (bicyclic) bond motifs is 1. The summed E-state index contributed by atoms with van der Waals surface area (Å²) in [6, 6.07) is 12.7. The first-order valence-corrected chi connectivity index (χ1v) is 9.10. The Labute approximate surface area is 189 Å². The Morgan fingerprint density at radius 2 is 1.86 bits per heavy atom. The standard InChI is InChI=1S/C19H18ClN5O3.HI/c20-13-4-2-12(3-5-13)18-24-17(28-25-18)11-22-19(21)23-14-6-7-15-16(10-14)27-9-1-8-26-15;/h2-7,10H,1,8-9,11H2,(H3,21,22,23);1H. The van der Waals surface area contributed by atoms with Crippen LogP contribution in [0.2, 0.25) is 5.02 Å². The molecule has 1 aliphatic rings. The van der Waals surface area contributed by atoms with Crippen molar-refractivity contribution in [1.82, 2.24) is 10.1 Å². The van der Waals surface area contributed by atoms with Gasteiger partial charge in [-0.1, -0.05) is 16.8 Å². The smallest absolute Gasteiger partial charge is 0.248 e. The molecule has 0 aliphatic carbocycles. The first kappa shape index (κ1) is 21.2. The maximum absolute atomic E-state index is 5.96. The van der Waals surface area contributed by atoms with Crippen molar-refractivity contribution in [3.8, 4) is 22.9 Å². The third-order valence-electron chi connectivity index (χ3n) is 3.98. The zero-order valence-electron chi connectivity index (χ0n) is 15.3. The fraction of sp³-hybridized carbons (Fsp3) is 0.211.